The number of piperazine rings is 1. The summed E-state index contributed by atoms with van der Waals surface area (Å²) in [5.74, 6) is 0.963. The number of nitrogens with zero attached hydrogens (tertiary/aromatic N) is 7. The van der Waals surface area contributed by atoms with Crippen LogP contribution in [0.5, 0.6) is 5.88 Å². The summed E-state index contributed by atoms with van der Waals surface area (Å²) in [7, 11) is -4.10. The molecule has 2 aromatic heterocycles. The fourth-order valence-electron chi connectivity index (χ4n) is 5.57. The minimum atomic E-state index is -4.06. The second-order valence-corrected chi connectivity index (χ2v) is 15.2. The number of hydrogen-bond donors (Lipinski definition) is 2. The van der Waals surface area contributed by atoms with Gasteiger partial charge in [0.05, 0.1) is 37.2 Å². The summed E-state index contributed by atoms with van der Waals surface area (Å²) in [5.41, 5.74) is 0.507. The Bertz CT molecular complexity index is 1730. The number of sulfonamides is 2. The second kappa shape index (κ2) is 13.5. The fourth-order valence-corrected chi connectivity index (χ4v) is 7.34. The van der Waals surface area contributed by atoms with Gasteiger partial charge in [0, 0.05) is 45.3 Å². The minimum absolute atomic E-state index is 0.0111. The van der Waals surface area contributed by atoms with E-state index in [1.54, 1.807) is 12.1 Å². The maximum absolute atomic E-state index is 13.1. The maximum atomic E-state index is 13.1. The molecule has 14 nitrogen and oxygen atoms in total. The highest BCUT2D eigenvalue weighted by molar-refractivity contribution is 7.92. The monoisotopic (exact) mass is 679 g/mol. The molecule has 45 heavy (non-hydrogen) atoms. The lowest BCUT2D eigenvalue weighted by Gasteiger charge is -2.42. The Hall–Kier alpha value is -3.44. The van der Waals surface area contributed by atoms with Gasteiger partial charge in [-0.2, -0.15) is 9.97 Å². The van der Waals surface area contributed by atoms with Crippen LogP contribution in [-0.4, -0.2) is 114 Å². The number of nitrogens with one attached hydrogen (secondary N) is 2. The number of methoxy groups -OCH3 is 1. The summed E-state index contributed by atoms with van der Waals surface area (Å²) in [4.78, 5) is 20.6. The van der Waals surface area contributed by atoms with Gasteiger partial charge in [0.1, 0.15) is 16.5 Å². The molecule has 5 rings (SSSR count). The van der Waals surface area contributed by atoms with Gasteiger partial charge in [-0.1, -0.05) is 23.7 Å². The number of piperidine rings is 1. The van der Waals surface area contributed by atoms with Gasteiger partial charge in [0.2, 0.25) is 31.9 Å². The maximum Gasteiger partial charge on any atom is 0.239 e. The molecule has 0 unspecified atom stereocenters. The quantitative estimate of drug-likeness (QED) is 0.324. The third-order valence-electron chi connectivity index (χ3n) is 7.80. The van der Waals surface area contributed by atoms with Crippen LogP contribution in [-0.2, 0) is 20.0 Å². The van der Waals surface area contributed by atoms with Crippen LogP contribution in [0.4, 0.5) is 34.6 Å². The third kappa shape index (κ3) is 8.05. The van der Waals surface area contributed by atoms with E-state index in [1.807, 2.05) is 12.1 Å². The smallest absolute Gasteiger partial charge is 0.239 e. The van der Waals surface area contributed by atoms with Crippen molar-refractivity contribution in [3.8, 4) is 5.88 Å². The Labute approximate surface area is 269 Å². The molecular weight excluding hydrogens is 642 g/mol. The molecule has 0 aliphatic carbocycles. The number of aromatic nitrogens is 3. The topological polar surface area (TPSA) is 153 Å². The highest BCUT2D eigenvalue weighted by atomic mass is 35.5. The first-order valence-electron chi connectivity index (χ1n) is 14.4. The molecule has 0 saturated carbocycles. The van der Waals surface area contributed by atoms with Gasteiger partial charge in [-0.05, 0) is 44.2 Å². The molecule has 0 atom stereocenters. The molecule has 0 spiro atoms. The lowest BCUT2D eigenvalue weighted by atomic mass is 10.0. The van der Waals surface area contributed by atoms with E-state index in [9.17, 15) is 16.8 Å². The van der Waals surface area contributed by atoms with E-state index in [-0.39, 0.29) is 28.2 Å². The second-order valence-electron chi connectivity index (χ2n) is 11.2. The Morgan fingerprint density at radius 3 is 2.27 bits per heavy atom. The summed E-state index contributed by atoms with van der Waals surface area (Å²) in [6.45, 7) is 6.20. The van der Waals surface area contributed by atoms with Gasteiger partial charge in [0.15, 0.2) is 5.82 Å². The van der Waals surface area contributed by atoms with E-state index in [4.69, 9.17) is 21.3 Å². The highest BCUT2D eigenvalue weighted by Gasteiger charge is 2.29. The zero-order valence-electron chi connectivity index (χ0n) is 25.6. The summed E-state index contributed by atoms with van der Waals surface area (Å²) in [6.07, 6.45) is 5.33. The van der Waals surface area contributed by atoms with Crippen LogP contribution in [0.3, 0.4) is 0 Å². The van der Waals surface area contributed by atoms with Crippen molar-refractivity contribution in [2.24, 2.45) is 0 Å². The lowest BCUT2D eigenvalue weighted by molar-refractivity contribution is 0.0981. The molecule has 2 fully saturated rings. The molecule has 0 bridgehead atoms. The summed E-state index contributed by atoms with van der Waals surface area (Å²) in [5, 5.41) is 2.99. The summed E-state index contributed by atoms with van der Waals surface area (Å²) < 4.78 is 58.9. The van der Waals surface area contributed by atoms with Gasteiger partial charge in [-0.15, -0.1) is 0 Å². The van der Waals surface area contributed by atoms with Crippen LogP contribution in [0.15, 0.2) is 42.6 Å². The van der Waals surface area contributed by atoms with Crippen molar-refractivity contribution in [3.05, 3.63) is 47.6 Å². The Balaban J connectivity index is 1.37. The van der Waals surface area contributed by atoms with E-state index in [0.717, 1.165) is 74.7 Å². The summed E-state index contributed by atoms with van der Waals surface area (Å²) >= 11 is 6.42. The zero-order chi connectivity index (χ0) is 32.4. The highest BCUT2D eigenvalue weighted by Crippen LogP contribution is 2.38. The average molecular weight is 680 g/mol. The van der Waals surface area contributed by atoms with E-state index in [0.29, 0.717) is 17.6 Å². The number of anilines is 6. The number of pyridine rings is 1. The van der Waals surface area contributed by atoms with Gasteiger partial charge in [-0.3, -0.25) is 9.62 Å². The van der Waals surface area contributed by atoms with Gasteiger partial charge >= 0.3 is 0 Å². The molecule has 17 heteroatoms. The van der Waals surface area contributed by atoms with Crippen molar-refractivity contribution in [2.45, 2.75) is 18.9 Å². The first-order chi connectivity index (χ1) is 21.3. The summed E-state index contributed by atoms with van der Waals surface area (Å²) in [6, 6.07) is 10.3. The van der Waals surface area contributed by atoms with Gasteiger partial charge in [-0.25, -0.2) is 26.1 Å². The lowest BCUT2D eigenvalue weighted by Crippen LogP contribution is -2.52. The Morgan fingerprint density at radius 1 is 0.933 bits per heavy atom. The third-order valence-corrected chi connectivity index (χ3v) is 9.69. The number of para-hydroxylation sites is 2. The average Bonchev–Trinajstić information content (AvgIpc) is 2.99. The van der Waals surface area contributed by atoms with Crippen molar-refractivity contribution in [3.63, 3.8) is 0 Å². The SMILES string of the molecule is COc1nc(N2CCC(N3CCN(C)CC3)CC2)ccc1Nc1ncc(Cl)c(N(c2ccccc2NS(C)(=O)=O)S(C)(=O)=O)n1. The number of ether oxygens (including phenoxy) is 1. The van der Waals surface area contributed by atoms with Crippen molar-refractivity contribution in [2.75, 3.05) is 85.2 Å². The zero-order valence-corrected chi connectivity index (χ0v) is 28.0. The molecule has 2 aliphatic rings. The molecule has 2 aliphatic heterocycles. The largest absolute Gasteiger partial charge is 0.479 e. The van der Waals surface area contributed by atoms with Crippen LogP contribution < -0.4 is 24.0 Å². The Kier molecular flexibility index (Phi) is 9.88. The molecule has 2 saturated heterocycles. The van der Waals surface area contributed by atoms with E-state index < -0.39 is 20.0 Å². The van der Waals surface area contributed by atoms with Crippen LogP contribution in [0.2, 0.25) is 5.02 Å². The van der Waals surface area contributed by atoms with Gasteiger partial charge in [0.25, 0.3) is 0 Å². The molecule has 3 aromatic rings. The van der Waals surface area contributed by atoms with E-state index in [2.05, 4.69) is 41.8 Å². The molecule has 2 N–H and O–H groups in total. The molecule has 0 radical (unpaired) electrons. The first-order valence-corrected chi connectivity index (χ1v) is 18.5. The number of benzene rings is 1. The van der Waals surface area contributed by atoms with Crippen LogP contribution in [0.1, 0.15) is 12.8 Å². The van der Waals surface area contributed by atoms with Crippen molar-refractivity contribution < 1.29 is 21.6 Å². The molecule has 1 aromatic carbocycles. The van der Waals surface area contributed by atoms with Gasteiger partial charge < -0.3 is 19.9 Å². The van der Waals surface area contributed by atoms with E-state index >= 15 is 0 Å². The fraction of sp³-hybridized carbons (Fsp3) is 0.464. The predicted molar refractivity (Wildman–Crippen MR) is 177 cm³/mol. The number of halogens is 1. The molecular formula is C28H38ClN9O5S2. The van der Waals surface area contributed by atoms with Crippen molar-refractivity contribution >= 4 is 66.3 Å². The van der Waals surface area contributed by atoms with Crippen LogP contribution in [0.25, 0.3) is 0 Å². The molecule has 244 valence electrons. The van der Waals surface area contributed by atoms with Crippen LogP contribution in [0, 0.1) is 0 Å². The Morgan fingerprint density at radius 2 is 1.62 bits per heavy atom. The minimum Gasteiger partial charge on any atom is -0.479 e. The normalized spacial score (nSPS) is 17.2. The molecule has 4 heterocycles. The number of rotatable bonds is 10. The molecule has 0 amide bonds. The van der Waals surface area contributed by atoms with Crippen molar-refractivity contribution in [1.82, 2.24) is 24.8 Å². The van der Waals surface area contributed by atoms with Crippen LogP contribution >= 0.6 is 11.6 Å². The predicted octanol–water partition coefficient (Wildman–Crippen LogP) is 2.96. The van der Waals surface area contributed by atoms with Crippen molar-refractivity contribution in [1.29, 1.82) is 0 Å². The van der Waals surface area contributed by atoms with E-state index in [1.165, 1.54) is 25.4 Å². The number of hydrogen-bond acceptors (Lipinski definition) is 12. The standard InChI is InChI=1S/C28H38ClN9O5S2/c1-35-15-17-36(18-16-35)20-11-13-37(14-12-20)25-10-9-23(27(32-25)43-2)31-28-30-19-21(29)26(33-28)38(45(4,41)42)24-8-6-5-7-22(24)34-44(3,39)40/h5-10,19-20,34H,11-18H2,1-4H3,(H,30,31,33). The number of likely N-dealkylation sites (N-methyl/N-ethyl adjacent to an activating group) is 1. The first kappa shape index (κ1) is 32.9.